The summed E-state index contributed by atoms with van der Waals surface area (Å²) < 4.78 is 1.81. The number of fused-ring (bicyclic) bond motifs is 4. The van der Waals surface area contributed by atoms with Gasteiger partial charge in [0.25, 0.3) is 17.4 Å². The van der Waals surface area contributed by atoms with Gasteiger partial charge in [0.1, 0.15) is 4.83 Å². The maximum absolute atomic E-state index is 13.6. The standard InChI is InChI=1S/C25H28N4O3S2/c1-27(2)12-7-13-29-24(32)20-18-10-5-6-11-19(18)34-21(20)26-25(29)33-15-14-28-22(30)16-8-3-4-9-17(16)23(28)31/h3-4,8-9H,5-7,10-15H2,1-2H3. The fourth-order valence-corrected chi connectivity index (χ4v) is 6.99. The molecule has 2 amide bonds. The molecule has 0 radical (unpaired) electrons. The molecule has 9 heteroatoms. The topological polar surface area (TPSA) is 75.5 Å². The highest BCUT2D eigenvalue weighted by atomic mass is 32.2. The van der Waals surface area contributed by atoms with Crippen LogP contribution in [0.3, 0.4) is 0 Å². The third-order valence-electron chi connectivity index (χ3n) is 6.45. The maximum atomic E-state index is 13.6. The van der Waals surface area contributed by atoms with E-state index in [1.807, 2.05) is 14.1 Å². The van der Waals surface area contributed by atoms with Crippen molar-refractivity contribution in [2.24, 2.45) is 0 Å². The van der Waals surface area contributed by atoms with Gasteiger partial charge in [-0.25, -0.2) is 4.98 Å². The Balaban J connectivity index is 1.40. The van der Waals surface area contributed by atoms with Crippen LogP contribution >= 0.6 is 23.1 Å². The zero-order chi connectivity index (χ0) is 23.8. The molecule has 3 aromatic rings. The molecule has 2 aliphatic rings. The van der Waals surface area contributed by atoms with Crippen molar-refractivity contribution in [1.82, 2.24) is 19.4 Å². The molecular formula is C25H28N4O3S2. The second-order valence-electron chi connectivity index (χ2n) is 9.06. The summed E-state index contributed by atoms with van der Waals surface area (Å²) >= 11 is 3.10. The van der Waals surface area contributed by atoms with Crippen LogP contribution in [0.15, 0.2) is 34.2 Å². The van der Waals surface area contributed by atoms with Gasteiger partial charge in [0.05, 0.1) is 16.5 Å². The van der Waals surface area contributed by atoms with E-state index in [0.717, 1.165) is 42.4 Å². The number of hydrogen-bond acceptors (Lipinski definition) is 7. The van der Waals surface area contributed by atoms with Gasteiger partial charge >= 0.3 is 0 Å². The molecule has 0 spiro atoms. The van der Waals surface area contributed by atoms with Gasteiger partial charge < -0.3 is 4.90 Å². The molecular weight excluding hydrogens is 468 g/mol. The second kappa shape index (κ2) is 9.64. The van der Waals surface area contributed by atoms with Gasteiger partial charge in [-0.1, -0.05) is 23.9 Å². The Morgan fingerprint density at radius 2 is 1.74 bits per heavy atom. The molecule has 3 heterocycles. The maximum Gasteiger partial charge on any atom is 0.263 e. The summed E-state index contributed by atoms with van der Waals surface area (Å²) in [6, 6.07) is 6.93. The first kappa shape index (κ1) is 23.3. The van der Waals surface area contributed by atoms with Crippen molar-refractivity contribution in [1.29, 1.82) is 0 Å². The predicted octanol–water partition coefficient (Wildman–Crippen LogP) is 3.68. The third-order valence-corrected chi connectivity index (χ3v) is 8.59. The number of rotatable bonds is 8. The lowest BCUT2D eigenvalue weighted by Crippen LogP contribution is -2.32. The molecule has 0 N–H and O–H groups in total. The van der Waals surface area contributed by atoms with Crippen LogP contribution in [0.25, 0.3) is 10.2 Å². The number of benzene rings is 1. The van der Waals surface area contributed by atoms with Crippen LogP contribution in [0.5, 0.6) is 0 Å². The zero-order valence-electron chi connectivity index (χ0n) is 19.5. The zero-order valence-corrected chi connectivity index (χ0v) is 21.1. The summed E-state index contributed by atoms with van der Waals surface area (Å²) in [5.41, 5.74) is 2.17. The summed E-state index contributed by atoms with van der Waals surface area (Å²) in [6.07, 6.45) is 5.11. The molecule has 34 heavy (non-hydrogen) atoms. The summed E-state index contributed by atoms with van der Waals surface area (Å²) in [6.45, 7) is 1.76. The molecule has 1 aliphatic heterocycles. The van der Waals surface area contributed by atoms with Crippen LogP contribution in [0.4, 0.5) is 0 Å². The summed E-state index contributed by atoms with van der Waals surface area (Å²) in [4.78, 5) is 49.4. The van der Waals surface area contributed by atoms with E-state index in [1.54, 1.807) is 40.2 Å². The number of amides is 2. The van der Waals surface area contributed by atoms with Gasteiger partial charge in [0.15, 0.2) is 5.16 Å². The first-order valence-corrected chi connectivity index (χ1v) is 13.5. The number of thiophene rings is 1. The minimum Gasteiger partial charge on any atom is -0.309 e. The van der Waals surface area contributed by atoms with E-state index in [2.05, 4.69) is 4.90 Å². The third kappa shape index (κ3) is 4.21. The van der Waals surface area contributed by atoms with E-state index in [1.165, 1.54) is 33.5 Å². The molecule has 0 atom stereocenters. The van der Waals surface area contributed by atoms with Crippen LogP contribution in [-0.4, -0.2) is 64.1 Å². The van der Waals surface area contributed by atoms with Crippen molar-refractivity contribution in [3.05, 3.63) is 56.2 Å². The van der Waals surface area contributed by atoms with E-state index in [4.69, 9.17) is 4.98 Å². The molecule has 0 bridgehead atoms. The molecule has 1 aromatic carbocycles. The van der Waals surface area contributed by atoms with E-state index in [-0.39, 0.29) is 23.9 Å². The van der Waals surface area contributed by atoms with Crippen molar-refractivity contribution in [2.75, 3.05) is 32.9 Å². The minimum atomic E-state index is -0.251. The molecule has 5 rings (SSSR count). The number of carbonyl (C=O) groups is 2. The molecule has 0 unspecified atom stereocenters. The van der Waals surface area contributed by atoms with Crippen LogP contribution < -0.4 is 5.56 Å². The molecule has 0 saturated heterocycles. The largest absolute Gasteiger partial charge is 0.309 e. The van der Waals surface area contributed by atoms with Crippen LogP contribution in [0.1, 0.15) is 50.4 Å². The molecule has 7 nitrogen and oxygen atoms in total. The van der Waals surface area contributed by atoms with E-state index >= 15 is 0 Å². The Hall–Kier alpha value is -2.49. The fraction of sp³-hybridized carbons (Fsp3) is 0.440. The van der Waals surface area contributed by atoms with Gasteiger partial charge in [-0.3, -0.25) is 23.9 Å². The van der Waals surface area contributed by atoms with Gasteiger partial charge in [0, 0.05) is 23.7 Å². The Morgan fingerprint density at radius 3 is 2.44 bits per heavy atom. The van der Waals surface area contributed by atoms with Crippen LogP contribution in [0.2, 0.25) is 0 Å². The first-order valence-electron chi connectivity index (χ1n) is 11.7. The number of aryl methyl sites for hydroxylation is 2. The highest BCUT2D eigenvalue weighted by molar-refractivity contribution is 7.99. The smallest absolute Gasteiger partial charge is 0.263 e. The monoisotopic (exact) mass is 496 g/mol. The van der Waals surface area contributed by atoms with Gasteiger partial charge in [-0.2, -0.15) is 0 Å². The number of nitrogens with zero attached hydrogens (tertiary/aromatic N) is 4. The molecule has 2 aromatic heterocycles. The summed E-state index contributed by atoms with van der Waals surface area (Å²) in [5.74, 6) is -0.0137. The average molecular weight is 497 g/mol. The Labute approximate surface area is 206 Å². The van der Waals surface area contributed by atoms with E-state index < -0.39 is 0 Å². The second-order valence-corrected chi connectivity index (χ2v) is 11.2. The highest BCUT2D eigenvalue weighted by Gasteiger charge is 2.34. The first-order chi connectivity index (χ1) is 16.5. The van der Waals surface area contributed by atoms with Crippen molar-refractivity contribution in [3.8, 4) is 0 Å². The Bertz CT molecular complexity index is 1290. The van der Waals surface area contributed by atoms with Gasteiger partial charge in [-0.05, 0) is 70.4 Å². The Morgan fingerprint density at radius 1 is 1.03 bits per heavy atom. The quantitative estimate of drug-likeness (QED) is 0.269. The molecule has 0 saturated carbocycles. The van der Waals surface area contributed by atoms with E-state index in [9.17, 15) is 14.4 Å². The fourth-order valence-electron chi connectivity index (χ4n) is 4.74. The summed E-state index contributed by atoms with van der Waals surface area (Å²) in [5, 5.41) is 1.47. The van der Waals surface area contributed by atoms with Crippen LogP contribution in [0, 0.1) is 0 Å². The number of carbonyl (C=O) groups excluding carboxylic acids is 2. The van der Waals surface area contributed by atoms with Crippen molar-refractivity contribution >= 4 is 45.1 Å². The summed E-state index contributed by atoms with van der Waals surface area (Å²) in [7, 11) is 4.05. The van der Waals surface area contributed by atoms with Crippen molar-refractivity contribution in [2.45, 2.75) is 43.8 Å². The Kier molecular flexibility index (Phi) is 6.59. The number of thioether (sulfide) groups is 1. The lowest BCUT2D eigenvalue weighted by Gasteiger charge is -2.16. The number of hydrogen-bond donors (Lipinski definition) is 0. The number of aromatic nitrogens is 2. The highest BCUT2D eigenvalue weighted by Crippen LogP contribution is 2.35. The normalized spacial score (nSPS) is 15.4. The van der Waals surface area contributed by atoms with Crippen LogP contribution in [-0.2, 0) is 19.4 Å². The minimum absolute atomic E-state index is 0.0476. The SMILES string of the molecule is CN(C)CCCn1c(SCCN2C(=O)c3ccccc3C2=O)nc2sc3c(c2c1=O)CCCC3. The predicted molar refractivity (Wildman–Crippen MR) is 136 cm³/mol. The molecule has 0 fully saturated rings. The molecule has 1 aliphatic carbocycles. The lowest BCUT2D eigenvalue weighted by atomic mass is 9.97. The lowest BCUT2D eigenvalue weighted by molar-refractivity contribution is 0.0664. The van der Waals surface area contributed by atoms with E-state index in [0.29, 0.717) is 28.6 Å². The number of imide groups is 1. The molecule has 178 valence electrons. The van der Waals surface area contributed by atoms with Gasteiger partial charge in [-0.15, -0.1) is 11.3 Å². The van der Waals surface area contributed by atoms with Crippen molar-refractivity contribution in [3.63, 3.8) is 0 Å². The average Bonchev–Trinajstić information content (AvgIpc) is 3.31. The van der Waals surface area contributed by atoms with Crippen molar-refractivity contribution < 1.29 is 9.59 Å². The van der Waals surface area contributed by atoms with Gasteiger partial charge in [0.2, 0.25) is 0 Å².